The molecule has 0 aliphatic carbocycles. The van der Waals surface area contributed by atoms with Crippen molar-refractivity contribution in [2.45, 2.75) is 13.0 Å². The number of nitrogens with zero attached hydrogens (tertiary/aromatic N) is 3. The number of esters is 1. The molecular weight excluding hydrogens is 398 g/mol. The maximum Gasteiger partial charge on any atom is 0.321 e. The molecule has 3 aromatic rings. The SMILES string of the molecule is CCOC(=O)[C@H]1C(=O)N(CCOC)c2nc3ccccc3n2[C@@H]1c1ccccc1OC. The summed E-state index contributed by atoms with van der Waals surface area (Å²) in [6, 6.07) is 14.4. The van der Waals surface area contributed by atoms with Gasteiger partial charge in [0.2, 0.25) is 11.9 Å². The molecule has 31 heavy (non-hydrogen) atoms. The highest BCUT2D eigenvalue weighted by atomic mass is 16.5. The van der Waals surface area contributed by atoms with Gasteiger partial charge in [-0.15, -0.1) is 0 Å². The number of ether oxygens (including phenoxy) is 3. The van der Waals surface area contributed by atoms with Gasteiger partial charge in [-0.05, 0) is 25.1 Å². The lowest BCUT2D eigenvalue weighted by molar-refractivity contribution is -0.153. The molecule has 8 nitrogen and oxygen atoms in total. The van der Waals surface area contributed by atoms with Gasteiger partial charge in [0.15, 0.2) is 5.92 Å². The van der Waals surface area contributed by atoms with Crippen LogP contribution >= 0.6 is 0 Å². The second kappa shape index (κ2) is 8.77. The van der Waals surface area contributed by atoms with Crippen LogP contribution in [0, 0.1) is 5.92 Å². The van der Waals surface area contributed by atoms with E-state index in [0.29, 0.717) is 23.9 Å². The third-order valence-electron chi connectivity index (χ3n) is 5.46. The van der Waals surface area contributed by atoms with Crippen LogP contribution in [0.5, 0.6) is 5.75 Å². The quantitative estimate of drug-likeness (QED) is 0.429. The van der Waals surface area contributed by atoms with E-state index in [2.05, 4.69) is 0 Å². The van der Waals surface area contributed by atoms with E-state index in [1.165, 1.54) is 4.90 Å². The van der Waals surface area contributed by atoms with Crippen molar-refractivity contribution in [3.8, 4) is 5.75 Å². The van der Waals surface area contributed by atoms with E-state index >= 15 is 0 Å². The fourth-order valence-electron chi connectivity index (χ4n) is 4.13. The fourth-order valence-corrected chi connectivity index (χ4v) is 4.13. The predicted molar refractivity (Wildman–Crippen MR) is 115 cm³/mol. The van der Waals surface area contributed by atoms with Crippen LogP contribution in [0.25, 0.3) is 11.0 Å². The molecular formula is C23H25N3O5. The van der Waals surface area contributed by atoms with E-state index in [4.69, 9.17) is 19.2 Å². The van der Waals surface area contributed by atoms with Crippen LogP contribution in [-0.2, 0) is 19.1 Å². The summed E-state index contributed by atoms with van der Waals surface area (Å²) in [6.07, 6.45) is 0. The minimum atomic E-state index is -1.08. The zero-order valence-corrected chi connectivity index (χ0v) is 17.8. The summed E-state index contributed by atoms with van der Waals surface area (Å²) in [5.41, 5.74) is 2.27. The number of fused-ring (bicyclic) bond motifs is 3. The average Bonchev–Trinajstić information content (AvgIpc) is 3.17. The van der Waals surface area contributed by atoms with Crippen LogP contribution in [0.4, 0.5) is 5.95 Å². The molecule has 1 amide bonds. The molecule has 2 heterocycles. The number of aromatic nitrogens is 2. The Morgan fingerprint density at radius 1 is 1.10 bits per heavy atom. The number of benzene rings is 2. The zero-order valence-electron chi connectivity index (χ0n) is 17.8. The second-order valence-corrected chi connectivity index (χ2v) is 7.17. The summed E-state index contributed by atoms with van der Waals surface area (Å²) < 4.78 is 18.1. The molecule has 162 valence electrons. The van der Waals surface area contributed by atoms with E-state index in [1.807, 2.05) is 53.1 Å². The summed E-state index contributed by atoms with van der Waals surface area (Å²) in [4.78, 5) is 33.0. The Bertz CT molecular complexity index is 1110. The molecule has 4 rings (SSSR count). The van der Waals surface area contributed by atoms with Crippen molar-refractivity contribution in [3.63, 3.8) is 0 Å². The molecule has 1 aromatic heterocycles. The number of rotatable bonds is 7. The first kappa shape index (κ1) is 20.9. The lowest BCUT2D eigenvalue weighted by Crippen LogP contribution is -2.51. The van der Waals surface area contributed by atoms with Crippen molar-refractivity contribution in [1.29, 1.82) is 0 Å². The largest absolute Gasteiger partial charge is 0.496 e. The summed E-state index contributed by atoms with van der Waals surface area (Å²) >= 11 is 0. The van der Waals surface area contributed by atoms with E-state index < -0.39 is 17.9 Å². The van der Waals surface area contributed by atoms with Crippen molar-refractivity contribution < 1.29 is 23.8 Å². The highest BCUT2D eigenvalue weighted by molar-refractivity contribution is 6.08. The molecule has 2 atom stereocenters. The van der Waals surface area contributed by atoms with Crippen molar-refractivity contribution >= 4 is 28.9 Å². The molecule has 1 aliphatic rings. The summed E-state index contributed by atoms with van der Waals surface area (Å²) in [6.45, 7) is 2.48. The average molecular weight is 423 g/mol. The molecule has 8 heteroatoms. The van der Waals surface area contributed by atoms with Gasteiger partial charge >= 0.3 is 5.97 Å². The number of hydrogen-bond acceptors (Lipinski definition) is 6. The zero-order chi connectivity index (χ0) is 22.0. The molecule has 0 unspecified atom stereocenters. The monoisotopic (exact) mass is 423 g/mol. The van der Waals surface area contributed by atoms with Crippen LogP contribution in [0.3, 0.4) is 0 Å². The summed E-state index contributed by atoms with van der Waals surface area (Å²) in [5, 5.41) is 0. The molecule has 0 saturated heterocycles. The van der Waals surface area contributed by atoms with Gasteiger partial charge in [0.1, 0.15) is 5.75 Å². The van der Waals surface area contributed by atoms with Crippen LogP contribution in [0.15, 0.2) is 48.5 Å². The van der Waals surface area contributed by atoms with Gasteiger partial charge in [0.25, 0.3) is 0 Å². The lowest BCUT2D eigenvalue weighted by atomic mass is 9.89. The number of carbonyl (C=O) groups is 2. The van der Waals surface area contributed by atoms with Crippen molar-refractivity contribution in [2.75, 3.05) is 38.9 Å². The number of imidazole rings is 1. The number of para-hydroxylation sites is 3. The van der Waals surface area contributed by atoms with Crippen LogP contribution in [0.1, 0.15) is 18.5 Å². The minimum Gasteiger partial charge on any atom is -0.496 e. The van der Waals surface area contributed by atoms with Gasteiger partial charge in [-0.3, -0.25) is 14.5 Å². The van der Waals surface area contributed by atoms with E-state index in [1.54, 1.807) is 21.1 Å². The van der Waals surface area contributed by atoms with Crippen LogP contribution in [-0.4, -0.2) is 55.4 Å². The molecule has 0 radical (unpaired) electrons. The first-order valence-corrected chi connectivity index (χ1v) is 10.2. The predicted octanol–water partition coefficient (Wildman–Crippen LogP) is 2.81. The molecule has 2 aromatic carbocycles. The number of anilines is 1. The second-order valence-electron chi connectivity index (χ2n) is 7.17. The van der Waals surface area contributed by atoms with Gasteiger partial charge in [-0.1, -0.05) is 30.3 Å². The number of carbonyl (C=O) groups excluding carboxylic acids is 2. The molecule has 0 saturated carbocycles. The number of amides is 1. The van der Waals surface area contributed by atoms with E-state index in [0.717, 1.165) is 11.0 Å². The van der Waals surface area contributed by atoms with Crippen LogP contribution in [0.2, 0.25) is 0 Å². The van der Waals surface area contributed by atoms with Gasteiger partial charge < -0.3 is 18.8 Å². The van der Waals surface area contributed by atoms with Crippen LogP contribution < -0.4 is 9.64 Å². The highest BCUT2D eigenvalue weighted by Crippen LogP contribution is 2.43. The molecule has 0 bridgehead atoms. The summed E-state index contributed by atoms with van der Waals surface area (Å²) in [7, 11) is 3.14. The normalized spacial score (nSPS) is 18.2. The van der Waals surface area contributed by atoms with Gasteiger partial charge in [-0.25, -0.2) is 4.98 Å². The Balaban J connectivity index is 2.01. The number of methoxy groups -OCH3 is 2. The van der Waals surface area contributed by atoms with E-state index in [9.17, 15) is 9.59 Å². The van der Waals surface area contributed by atoms with Crippen molar-refractivity contribution in [3.05, 3.63) is 54.1 Å². The Kier molecular flexibility index (Phi) is 5.90. The third-order valence-corrected chi connectivity index (χ3v) is 5.46. The third kappa shape index (κ3) is 3.53. The van der Waals surface area contributed by atoms with E-state index in [-0.39, 0.29) is 19.1 Å². The smallest absolute Gasteiger partial charge is 0.321 e. The Hall–Kier alpha value is -3.39. The molecule has 0 fully saturated rings. The van der Waals surface area contributed by atoms with Gasteiger partial charge in [0, 0.05) is 12.7 Å². The number of hydrogen-bond donors (Lipinski definition) is 0. The molecule has 0 N–H and O–H groups in total. The highest BCUT2D eigenvalue weighted by Gasteiger charge is 2.48. The maximum atomic E-state index is 13.6. The Labute approximate surface area is 180 Å². The van der Waals surface area contributed by atoms with Gasteiger partial charge in [-0.2, -0.15) is 0 Å². The lowest BCUT2D eigenvalue weighted by Gasteiger charge is -2.38. The Morgan fingerprint density at radius 2 is 1.84 bits per heavy atom. The van der Waals surface area contributed by atoms with Crippen molar-refractivity contribution in [1.82, 2.24) is 9.55 Å². The minimum absolute atomic E-state index is 0.177. The fraction of sp³-hybridized carbons (Fsp3) is 0.348. The summed E-state index contributed by atoms with van der Waals surface area (Å²) in [5.74, 6) is -0.968. The molecule has 1 aliphatic heterocycles. The molecule has 0 spiro atoms. The first-order valence-electron chi connectivity index (χ1n) is 10.2. The van der Waals surface area contributed by atoms with Gasteiger partial charge in [0.05, 0.1) is 43.9 Å². The standard InChI is InChI=1S/C23H25N3O5/c1-4-31-22(28)19-20(15-9-5-8-12-18(15)30-3)26-17-11-7-6-10-16(17)24-23(26)25(21(19)27)13-14-29-2/h5-12,19-20H,4,13-14H2,1-3H3/t19-,20-/m1/s1. The Morgan fingerprint density at radius 3 is 2.58 bits per heavy atom. The first-order chi connectivity index (χ1) is 15.1. The topological polar surface area (TPSA) is 82.9 Å². The van der Waals surface area contributed by atoms with Crippen molar-refractivity contribution in [2.24, 2.45) is 5.92 Å². The maximum absolute atomic E-state index is 13.6.